The number of hydrogen-bond donors (Lipinski definition) is 0. The van der Waals surface area contributed by atoms with E-state index >= 15 is 0 Å². The molecule has 0 aliphatic carbocycles. The molecule has 22 heavy (non-hydrogen) atoms. The monoisotopic (exact) mass is 310 g/mol. The normalized spacial score (nSPS) is 10.6. The Labute approximate surface area is 132 Å². The number of nitrogens with zero attached hydrogens (tertiary/aromatic N) is 2. The van der Waals surface area contributed by atoms with Crippen LogP contribution >= 0.6 is 11.8 Å². The molecule has 0 aliphatic heterocycles. The van der Waals surface area contributed by atoms with Crippen molar-refractivity contribution in [2.75, 3.05) is 7.11 Å². The number of carbonyl (C=O) groups excluding carboxylic acids is 1. The van der Waals surface area contributed by atoms with E-state index in [1.807, 2.05) is 42.5 Å². The Morgan fingerprint density at radius 3 is 2.77 bits per heavy atom. The van der Waals surface area contributed by atoms with E-state index in [-0.39, 0.29) is 5.97 Å². The molecule has 1 aromatic heterocycles. The number of thioether (sulfide) groups is 1. The molecule has 0 aliphatic rings. The lowest BCUT2D eigenvalue weighted by molar-refractivity contribution is 0.0600. The maximum atomic E-state index is 11.5. The Bertz CT molecular complexity index is 820. The van der Waals surface area contributed by atoms with Crippen molar-refractivity contribution in [1.82, 2.24) is 9.97 Å². The lowest BCUT2D eigenvalue weighted by Crippen LogP contribution is -2.01. The highest BCUT2D eigenvalue weighted by Crippen LogP contribution is 2.22. The maximum Gasteiger partial charge on any atom is 0.337 e. The van der Waals surface area contributed by atoms with E-state index < -0.39 is 0 Å². The van der Waals surface area contributed by atoms with Gasteiger partial charge in [0.2, 0.25) is 0 Å². The number of aromatic nitrogens is 2. The summed E-state index contributed by atoms with van der Waals surface area (Å²) in [5, 5.41) is 0.863. The van der Waals surface area contributed by atoms with Gasteiger partial charge in [-0.3, -0.25) is 4.98 Å². The summed E-state index contributed by atoms with van der Waals surface area (Å²) in [6.45, 7) is 0. The standard InChI is InChI=1S/C17H14N2O2S/c1-21-17(20)13-6-4-5-12(9-13)11-22-16-10-18-14-7-2-3-8-15(14)19-16/h2-10H,11H2,1H3. The highest BCUT2D eigenvalue weighted by Gasteiger charge is 2.06. The smallest absolute Gasteiger partial charge is 0.337 e. The molecule has 0 bridgehead atoms. The zero-order valence-corrected chi connectivity index (χ0v) is 12.8. The number of benzene rings is 2. The summed E-state index contributed by atoms with van der Waals surface area (Å²) in [6.07, 6.45) is 1.77. The lowest BCUT2D eigenvalue weighted by Gasteiger charge is -2.04. The van der Waals surface area contributed by atoms with Gasteiger partial charge in [-0.05, 0) is 29.8 Å². The third kappa shape index (κ3) is 3.26. The summed E-state index contributed by atoms with van der Waals surface area (Å²) in [5.74, 6) is 0.398. The number of fused-ring (bicyclic) bond motifs is 1. The molecule has 0 saturated heterocycles. The SMILES string of the molecule is COC(=O)c1cccc(CSc2cnc3ccccc3n2)c1. The molecule has 4 nitrogen and oxygen atoms in total. The third-order valence-corrected chi connectivity index (χ3v) is 4.13. The zero-order chi connectivity index (χ0) is 15.4. The predicted molar refractivity (Wildman–Crippen MR) is 86.9 cm³/mol. The van der Waals surface area contributed by atoms with E-state index in [2.05, 4.69) is 9.97 Å². The highest BCUT2D eigenvalue weighted by atomic mass is 32.2. The van der Waals surface area contributed by atoms with Crippen LogP contribution in [0.15, 0.2) is 59.8 Å². The fraction of sp³-hybridized carbons (Fsp3) is 0.118. The molecular weight excluding hydrogens is 296 g/mol. The Morgan fingerprint density at radius 2 is 1.95 bits per heavy atom. The quantitative estimate of drug-likeness (QED) is 0.543. The van der Waals surface area contributed by atoms with Crippen molar-refractivity contribution in [3.05, 3.63) is 65.9 Å². The van der Waals surface area contributed by atoms with Crippen LogP contribution in [0.2, 0.25) is 0 Å². The van der Waals surface area contributed by atoms with Crippen LogP contribution in [0.25, 0.3) is 11.0 Å². The van der Waals surface area contributed by atoms with Crippen LogP contribution < -0.4 is 0 Å². The number of methoxy groups -OCH3 is 1. The van der Waals surface area contributed by atoms with Crippen LogP contribution in [-0.2, 0) is 10.5 Å². The molecule has 0 N–H and O–H groups in total. The molecule has 3 rings (SSSR count). The first-order valence-electron chi connectivity index (χ1n) is 6.78. The van der Waals surface area contributed by atoms with Gasteiger partial charge < -0.3 is 4.74 Å². The van der Waals surface area contributed by atoms with Crippen molar-refractivity contribution >= 4 is 28.8 Å². The van der Waals surface area contributed by atoms with Gasteiger partial charge in [0.25, 0.3) is 0 Å². The Hall–Kier alpha value is -2.40. The highest BCUT2D eigenvalue weighted by molar-refractivity contribution is 7.98. The van der Waals surface area contributed by atoms with Crippen molar-refractivity contribution < 1.29 is 9.53 Å². The van der Waals surface area contributed by atoms with E-state index in [1.54, 1.807) is 24.0 Å². The van der Waals surface area contributed by atoms with Gasteiger partial charge >= 0.3 is 5.97 Å². The number of hydrogen-bond acceptors (Lipinski definition) is 5. The molecule has 0 spiro atoms. The molecule has 0 amide bonds. The number of carbonyl (C=O) groups is 1. The molecule has 5 heteroatoms. The van der Waals surface area contributed by atoms with Crippen molar-refractivity contribution in [2.24, 2.45) is 0 Å². The summed E-state index contributed by atoms with van der Waals surface area (Å²) < 4.78 is 4.73. The molecule has 2 aromatic carbocycles. The minimum atomic E-state index is -0.322. The van der Waals surface area contributed by atoms with Gasteiger partial charge in [0.15, 0.2) is 0 Å². The van der Waals surface area contributed by atoms with Gasteiger partial charge in [-0.15, -0.1) is 11.8 Å². The second-order valence-corrected chi connectivity index (χ2v) is 5.67. The molecule has 0 fully saturated rings. The minimum Gasteiger partial charge on any atom is -0.465 e. The third-order valence-electron chi connectivity index (χ3n) is 3.16. The molecule has 0 saturated carbocycles. The van der Waals surface area contributed by atoms with E-state index in [9.17, 15) is 4.79 Å². The van der Waals surface area contributed by atoms with Crippen LogP contribution in [0, 0.1) is 0 Å². The zero-order valence-electron chi connectivity index (χ0n) is 12.0. The molecule has 0 radical (unpaired) electrons. The van der Waals surface area contributed by atoms with Crippen LogP contribution in [0.5, 0.6) is 0 Å². The number of rotatable bonds is 4. The van der Waals surface area contributed by atoms with Crippen molar-refractivity contribution in [1.29, 1.82) is 0 Å². The molecule has 0 atom stereocenters. The van der Waals surface area contributed by atoms with E-state index in [4.69, 9.17) is 4.74 Å². The fourth-order valence-corrected chi connectivity index (χ4v) is 2.86. The average Bonchev–Trinajstić information content (AvgIpc) is 2.59. The Morgan fingerprint density at radius 1 is 1.14 bits per heavy atom. The fourth-order valence-electron chi connectivity index (χ4n) is 2.07. The van der Waals surface area contributed by atoms with Crippen LogP contribution in [0.4, 0.5) is 0 Å². The second-order valence-electron chi connectivity index (χ2n) is 4.68. The summed E-state index contributed by atoms with van der Waals surface area (Å²) in [4.78, 5) is 20.5. The molecule has 0 unspecified atom stereocenters. The molecule has 1 heterocycles. The van der Waals surface area contributed by atoms with Gasteiger partial charge in [-0.25, -0.2) is 9.78 Å². The average molecular weight is 310 g/mol. The van der Waals surface area contributed by atoms with Gasteiger partial charge in [-0.1, -0.05) is 24.3 Å². The summed E-state index contributed by atoms with van der Waals surface area (Å²) >= 11 is 1.59. The first-order valence-corrected chi connectivity index (χ1v) is 7.76. The molecular formula is C17H14N2O2S. The largest absolute Gasteiger partial charge is 0.465 e. The van der Waals surface area contributed by atoms with Gasteiger partial charge in [0.05, 0.1) is 29.9 Å². The minimum absolute atomic E-state index is 0.322. The van der Waals surface area contributed by atoms with Crippen molar-refractivity contribution in [2.45, 2.75) is 10.8 Å². The summed E-state index contributed by atoms with van der Waals surface area (Å²) in [7, 11) is 1.38. The van der Waals surface area contributed by atoms with Gasteiger partial charge in [0.1, 0.15) is 5.03 Å². The maximum absolute atomic E-state index is 11.5. The molecule has 3 aromatic rings. The van der Waals surface area contributed by atoms with Gasteiger partial charge in [-0.2, -0.15) is 0 Å². The Kier molecular flexibility index (Phi) is 4.34. The van der Waals surface area contributed by atoms with Crippen LogP contribution in [0.3, 0.4) is 0 Å². The van der Waals surface area contributed by atoms with E-state index in [1.165, 1.54) is 7.11 Å². The van der Waals surface area contributed by atoms with Crippen molar-refractivity contribution in [3.63, 3.8) is 0 Å². The topological polar surface area (TPSA) is 52.1 Å². The van der Waals surface area contributed by atoms with E-state index in [0.29, 0.717) is 5.56 Å². The molecule has 110 valence electrons. The number of ether oxygens (including phenoxy) is 1. The Balaban J connectivity index is 1.75. The predicted octanol–water partition coefficient (Wildman–Crippen LogP) is 3.71. The van der Waals surface area contributed by atoms with Crippen molar-refractivity contribution in [3.8, 4) is 0 Å². The summed E-state index contributed by atoms with van der Waals surface area (Å²) in [5.41, 5.74) is 3.38. The summed E-state index contributed by atoms with van der Waals surface area (Å²) in [6, 6.07) is 15.2. The van der Waals surface area contributed by atoms with Crippen LogP contribution in [-0.4, -0.2) is 23.0 Å². The lowest BCUT2D eigenvalue weighted by atomic mass is 10.1. The number of esters is 1. The van der Waals surface area contributed by atoms with Gasteiger partial charge in [0, 0.05) is 5.75 Å². The first-order chi connectivity index (χ1) is 10.8. The number of para-hydroxylation sites is 2. The van der Waals surface area contributed by atoms with Crippen LogP contribution in [0.1, 0.15) is 15.9 Å². The first kappa shape index (κ1) is 14.5. The van der Waals surface area contributed by atoms with E-state index in [0.717, 1.165) is 27.4 Å². The second kappa shape index (κ2) is 6.58.